The Labute approximate surface area is 240 Å². The number of amides is 1. The van der Waals surface area contributed by atoms with Crippen molar-refractivity contribution < 1.29 is 18.0 Å². The standard InChI is InChI=1S/C33H37F3N4O/c1-38(29-18-20-37-21-19-29)28-11-6-26(7-12-28)24-40(31-15-13-30(14-16-31)39-22-2-3-23-39)32(41)17-8-25-4-9-27(10-5-25)33(34,35)36/h4-12,17-21,30-31H,2-3,13-16,22-24H2,1H3. The van der Waals surface area contributed by atoms with Crippen LogP contribution in [0.3, 0.4) is 0 Å². The van der Waals surface area contributed by atoms with Gasteiger partial charge in [-0.2, -0.15) is 13.2 Å². The molecule has 5 rings (SSSR count). The minimum absolute atomic E-state index is 0.118. The Bertz CT molecular complexity index is 1300. The number of halogens is 3. The summed E-state index contributed by atoms with van der Waals surface area (Å²) in [4.78, 5) is 24.3. The van der Waals surface area contributed by atoms with Gasteiger partial charge in [-0.15, -0.1) is 0 Å². The molecule has 0 bridgehead atoms. The van der Waals surface area contributed by atoms with Crippen LogP contribution in [0.5, 0.6) is 0 Å². The molecule has 0 atom stereocenters. The first kappa shape index (κ1) is 28.9. The molecule has 41 heavy (non-hydrogen) atoms. The third kappa shape index (κ3) is 7.36. The van der Waals surface area contributed by atoms with Crippen LogP contribution in [-0.4, -0.2) is 52.9 Å². The van der Waals surface area contributed by atoms with Crippen LogP contribution in [0.2, 0.25) is 0 Å². The molecule has 2 aliphatic rings. The molecule has 0 spiro atoms. The molecule has 1 aliphatic heterocycles. The quantitative estimate of drug-likeness (QED) is 0.270. The van der Waals surface area contributed by atoms with Crippen molar-refractivity contribution in [2.45, 2.75) is 63.3 Å². The third-order valence-corrected chi connectivity index (χ3v) is 8.43. The van der Waals surface area contributed by atoms with E-state index >= 15 is 0 Å². The highest BCUT2D eigenvalue weighted by atomic mass is 19.4. The van der Waals surface area contributed by atoms with Gasteiger partial charge in [-0.3, -0.25) is 9.78 Å². The summed E-state index contributed by atoms with van der Waals surface area (Å²) in [5, 5.41) is 0. The normalized spacial score (nSPS) is 19.9. The second-order valence-corrected chi connectivity index (χ2v) is 11.1. The summed E-state index contributed by atoms with van der Waals surface area (Å²) in [6, 6.07) is 17.7. The van der Waals surface area contributed by atoms with Crippen molar-refractivity contribution in [1.29, 1.82) is 0 Å². The van der Waals surface area contributed by atoms with E-state index in [-0.39, 0.29) is 11.9 Å². The number of pyridine rings is 1. The number of alkyl halides is 3. The number of nitrogens with zero attached hydrogens (tertiary/aromatic N) is 4. The molecule has 0 unspecified atom stereocenters. The first-order valence-electron chi connectivity index (χ1n) is 14.4. The van der Waals surface area contributed by atoms with Gasteiger partial charge >= 0.3 is 6.18 Å². The van der Waals surface area contributed by atoms with Gasteiger partial charge in [0.2, 0.25) is 5.91 Å². The van der Waals surface area contributed by atoms with Crippen LogP contribution >= 0.6 is 0 Å². The Kier molecular flexibility index (Phi) is 9.08. The van der Waals surface area contributed by atoms with E-state index in [1.807, 2.05) is 24.1 Å². The highest BCUT2D eigenvalue weighted by Gasteiger charge is 2.32. The van der Waals surface area contributed by atoms with Crippen LogP contribution < -0.4 is 4.90 Å². The lowest BCUT2D eigenvalue weighted by Crippen LogP contribution is -2.45. The highest BCUT2D eigenvalue weighted by Crippen LogP contribution is 2.31. The molecule has 2 heterocycles. The van der Waals surface area contributed by atoms with Crippen LogP contribution in [0.4, 0.5) is 24.5 Å². The molecule has 1 aliphatic carbocycles. The van der Waals surface area contributed by atoms with E-state index < -0.39 is 11.7 Å². The summed E-state index contributed by atoms with van der Waals surface area (Å²) in [6.45, 7) is 2.83. The minimum Gasteiger partial charge on any atom is -0.345 e. The SMILES string of the molecule is CN(c1ccncc1)c1ccc(CN(C(=O)C=Cc2ccc(C(F)(F)F)cc2)C2CCC(N3CCCC3)CC2)cc1. The van der Waals surface area contributed by atoms with Crippen LogP contribution in [0, 0.1) is 0 Å². The fraction of sp³-hybridized carbons (Fsp3) is 0.394. The van der Waals surface area contributed by atoms with Crippen molar-refractivity contribution in [2.24, 2.45) is 0 Å². The smallest absolute Gasteiger partial charge is 0.345 e. The number of carbonyl (C=O) groups is 1. The molecule has 5 nitrogen and oxygen atoms in total. The number of hydrogen-bond acceptors (Lipinski definition) is 4. The molecule has 1 saturated heterocycles. The second kappa shape index (κ2) is 12.9. The number of rotatable bonds is 8. The number of anilines is 2. The first-order chi connectivity index (χ1) is 19.8. The van der Waals surface area contributed by atoms with Gasteiger partial charge in [0.05, 0.1) is 5.56 Å². The molecule has 1 saturated carbocycles. The summed E-state index contributed by atoms with van der Waals surface area (Å²) < 4.78 is 38.8. The molecular weight excluding hydrogens is 525 g/mol. The van der Waals surface area contributed by atoms with E-state index in [0.717, 1.165) is 54.8 Å². The van der Waals surface area contributed by atoms with E-state index in [0.29, 0.717) is 18.2 Å². The van der Waals surface area contributed by atoms with Crippen LogP contribution in [0.15, 0.2) is 79.1 Å². The molecule has 3 aromatic rings. The number of hydrogen-bond donors (Lipinski definition) is 0. The van der Waals surface area contributed by atoms with Crippen molar-refractivity contribution in [1.82, 2.24) is 14.8 Å². The lowest BCUT2D eigenvalue weighted by molar-refractivity contribution is -0.137. The predicted molar refractivity (Wildman–Crippen MR) is 157 cm³/mol. The topological polar surface area (TPSA) is 39.7 Å². The van der Waals surface area contributed by atoms with Crippen molar-refractivity contribution in [2.75, 3.05) is 25.0 Å². The minimum atomic E-state index is -4.38. The van der Waals surface area contributed by atoms with Crippen LogP contribution in [-0.2, 0) is 17.5 Å². The molecule has 8 heteroatoms. The van der Waals surface area contributed by atoms with E-state index in [4.69, 9.17) is 0 Å². The van der Waals surface area contributed by atoms with Crippen molar-refractivity contribution in [3.63, 3.8) is 0 Å². The van der Waals surface area contributed by atoms with Crippen molar-refractivity contribution >= 4 is 23.4 Å². The molecule has 1 aromatic heterocycles. The zero-order valence-electron chi connectivity index (χ0n) is 23.4. The van der Waals surface area contributed by atoms with Gasteiger partial charge in [-0.05, 0) is 105 Å². The summed E-state index contributed by atoms with van der Waals surface area (Å²) in [5.74, 6) is -0.118. The van der Waals surface area contributed by atoms with Gasteiger partial charge in [-0.1, -0.05) is 24.3 Å². The van der Waals surface area contributed by atoms with Gasteiger partial charge < -0.3 is 14.7 Å². The third-order valence-electron chi connectivity index (χ3n) is 8.43. The van der Waals surface area contributed by atoms with Crippen molar-refractivity contribution in [3.05, 3.63) is 95.8 Å². The zero-order chi connectivity index (χ0) is 28.8. The molecule has 2 fully saturated rings. The molecule has 2 aromatic carbocycles. The zero-order valence-corrected chi connectivity index (χ0v) is 23.4. The molecule has 1 amide bonds. The van der Waals surface area contributed by atoms with E-state index in [2.05, 4.69) is 39.0 Å². The number of likely N-dealkylation sites (tertiary alicyclic amines) is 1. The van der Waals surface area contributed by atoms with Crippen LogP contribution in [0.25, 0.3) is 6.08 Å². The molecule has 216 valence electrons. The fourth-order valence-corrected chi connectivity index (χ4v) is 6.01. The lowest BCUT2D eigenvalue weighted by atomic mass is 9.89. The Morgan fingerprint density at radius 2 is 1.51 bits per heavy atom. The Morgan fingerprint density at radius 3 is 2.12 bits per heavy atom. The van der Waals surface area contributed by atoms with Crippen LogP contribution in [0.1, 0.15) is 55.2 Å². The summed E-state index contributed by atoms with van der Waals surface area (Å²) in [6.07, 6.45) is 8.84. The number of carbonyl (C=O) groups excluding carboxylic acids is 1. The highest BCUT2D eigenvalue weighted by molar-refractivity contribution is 5.92. The average molecular weight is 563 g/mol. The fourth-order valence-electron chi connectivity index (χ4n) is 6.01. The Balaban J connectivity index is 1.30. The Morgan fingerprint density at radius 1 is 0.902 bits per heavy atom. The maximum Gasteiger partial charge on any atom is 0.416 e. The summed E-state index contributed by atoms with van der Waals surface area (Å²) in [5.41, 5.74) is 2.97. The van der Waals surface area contributed by atoms with Gasteiger partial charge in [0.25, 0.3) is 0 Å². The second-order valence-electron chi connectivity index (χ2n) is 11.1. The molecule has 0 radical (unpaired) electrons. The lowest BCUT2D eigenvalue weighted by Gasteiger charge is -2.39. The monoisotopic (exact) mass is 562 g/mol. The summed E-state index contributed by atoms with van der Waals surface area (Å²) >= 11 is 0. The van der Waals surface area contributed by atoms with Gasteiger partial charge in [0.1, 0.15) is 0 Å². The van der Waals surface area contributed by atoms with Gasteiger partial charge in [0, 0.05) is 55.5 Å². The average Bonchev–Trinajstić information content (AvgIpc) is 3.54. The van der Waals surface area contributed by atoms with Gasteiger partial charge in [-0.25, -0.2) is 0 Å². The van der Waals surface area contributed by atoms with E-state index in [1.54, 1.807) is 18.5 Å². The van der Waals surface area contributed by atoms with Crippen molar-refractivity contribution in [3.8, 4) is 0 Å². The Hall–Kier alpha value is -3.65. The van der Waals surface area contributed by atoms with E-state index in [9.17, 15) is 18.0 Å². The summed E-state index contributed by atoms with van der Waals surface area (Å²) in [7, 11) is 2.00. The predicted octanol–water partition coefficient (Wildman–Crippen LogP) is 7.32. The first-order valence-corrected chi connectivity index (χ1v) is 14.4. The van der Waals surface area contributed by atoms with Gasteiger partial charge in [0.15, 0.2) is 0 Å². The maximum absolute atomic E-state index is 13.6. The molecular formula is C33H37F3N4O. The maximum atomic E-state index is 13.6. The number of aromatic nitrogens is 1. The largest absolute Gasteiger partial charge is 0.416 e. The number of benzene rings is 2. The van der Waals surface area contributed by atoms with E-state index in [1.165, 1.54) is 44.1 Å². The molecule has 0 N–H and O–H groups in total.